The fraction of sp³-hybridized carbons (Fsp3) is 0.400. The fourth-order valence-electron chi connectivity index (χ4n) is 5.82. The number of nitrogens with one attached hydrogen (secondary N) is 1. The predicted molar refractivity (Wildman–Crippen MR) is 144 cm³/mol. The minimum absolute atomic E-state index is 0.0547. The molecule has 0 radical (unpaired) electrons. The molecule has 2 aliphatic rings. The molecule has 3 aromatic heterocycles. The summed E-state index contributed by atoms with van der Waals surface area (Å²) in [4.78, 5) is 17.9. The number of pyridine rings is 2. The molecule has 2 fully saturated rings. The summed E-state index contributed by atoms with van der Waals surface area (Å²) >= 11 is 0. The Kier molecular flexibility index (Phi) is 6.14. The maximum absolute atomic E-state index is 13.3. The number of hydrogen-bond acceptors (Lipinski definition) is 5. The van der Waals surface area contributed by atoms with Gasteiger partial charge in [-0.25, -0.2) is 0 Å². The van der Waals surface area contributed by atoms with E-state index in [0.717, 1.165) is 65.4 Å². The van der Waals surface area contributed by atoms with Crippen molar-refractivity contribution in [3.8, 4) is 11.3 Å². The van der Waals surface area contributed by atoms with Crippen LogP contribution < -0.4 is 10.0 Å². The number of carbonyl (C=O) groups is 1. The van der Waals surface area contributed by atoms with E-state index in [9.17, 15) is 15.1 Å². The topological polar surface area (TPSA) is 104 Å². The van der Waals surface area contributed by atoms with E-state index >= 15 is 0 Å². The van der Waals surface area contributed by atoms with Crippen molar-refractivity contribution in [3.05, 3.63) is 72.3 Å². The van der Waals surface area contributed by atoms with Crippen molar-refractivity contribution in [1.82, 2.24) is 14.8 Å². The van der Waals surface area contributed by atoms with Crippen LogP contribution in [0.25, 0.3) is 22.2 Å². The molecule has 2 aliphatic carbocycles. The second kappa shape index (κ2) is 9.51. The van der Waals surface area contributed by atoms with Crippen molar-refractivity contribution in [3.63, 3.8) is 0 Å². The number of amides is 1. The van der Waals surface area contributed by atoms with Crippen molar-refractivity contribution in [2.24, 2.45) is 5.92 Å². The Labute approximate surface area is 221 Å². The standard InChI is InChI=1S/C30H33N5O3/c1-19(2)27-7-5-8-28(35(27)38)29(36)32-26-16-20-18-34(22-11-13-30(37,14-12-22)21-9-10-21)33-25(20)17-23(26)24-6-3-4-15-31-24/h3-8,15-19,21-22,37H,9-14H2,1-2H3,(H-,32,36,38)/p+1. The molecular formula is C30H34N5O3+. The molecule has 0 atom stereocenters. The summed E-state index contributed by atoms with van der Waals surface area (Å²) < 4.78 is 2.99. The van der Waals surface area contributed by atoms with Crippen LogP contribution in [0.3, 0.4) is 0 Å². The number of aliphatic hydroxyl groups is 1. The zero-order valence-corrected chi connectivity index (χ0v) is 21.8. The molecule has 0 saturated heterocycles. The monoisotopic (exact) mass is 512 g/mol. The minimum atomic E-state index is -0.497. The molecule has 1 aromatic carbocycles. The second-order valence-electron chi connectivity index (χ2n) is 11.1. The normalized spacial score (nSPS) is 21.6. The SMILES string of the molecule is CC(C)c1cccc(C(=O)Nc2cc3cn(C4CCC(O)(C5CC5)CC4)nc3cc2-c2ccccn2)[n+]1O. The van der Waals surface area contributed by atoms with Gasteiger partial charge >= 0.3 is 11.6 Å². The summed E-state index contributed by atoms with van der Waals surface area (Å²) in [6.45, 7) is 3.93. The van der Waals surface area contributed by atoms with Gasteiger partial charge in [-0.1, -0.05) is 19.9 Å². The van der Waals surface area contributed by atoms with Crippen molar-refractivity contribution in [2.45, 2.75) is 69.9 Å². The highest BCUT2D eigenvalue weighted by Crippen LogP contribution is 2.49. The number of nitrogens with zero attached hydrogens (tertiary/aromatic N) is 4. The first kappa shape index (κ1) is 24.6. The molecule has 1 amide bonds. The third kappa shape index (κ3) is 4.53. The highest BCUT2D eigenvalue weighted by atomic mass is 16.5. The zero-order chi connectivity index (χ0) is 26.4. The van der Waals surface area contributed by atoms with Crippen LogP contribution in [0.1, 0.15) is 80.5 Å². The van der Waals surface area contributed by atoms with Gasteiger partial charge in [0.25, 0.3) is 0 Å². The molecule has 3 heterocycles. The summed E-state index contributed by atoms with van der Waals surface area (Å²) in [5, 5.41) is 30.5. The molecule has 8 nitrogen and oxygen atoms in total. The van der Waals surface area contributed by atoms with Crippen LogP contribution in [0.4, 0.5) is 5.69 Å². The molecule has 3 N–H and O–H groups in total. The van der Waals surface area contributed by atoms with Crippen LogP contribution in [0.2, 0.25) is 0 Å². The molecule has 0 unspecified atom stereocenters. The van der Waals surface area contributed by atoms with Crippen LogP contribution in [0.15, 0.2) is 60.9 Å². The molecule has 6 rings (SSSR count). The molecule has 0 bridgehead atoms. The van der Waals surface area contributed by atoms with Gasteiger partial charge in [-0.3, -0.25) is 19.7 Å². The number of benzene rings is 1. The van der Waals surface area contributed by atoms with Gasteiger partial charge in [0.15, 0.2) is 0 Å². The Morgan fingerprint density at radius 3 is 2.58 bits per heavy atom. The lowest BCUT2D eigenvalue weighted by Crippen LogP contribution is -2.43. The van der Waals surface area contributed by atoms with Gasteiger partial charge < -0.3 is 10.4 Å². The second-order valence-corrected chi connectivity index (χ2v) is 11.1. The largest absolute Gasteiger partial charge is 0.390 e. The number of anilines is 1. The molecule has 196 valence electrons. The van der Waals surface area contributed by atoms with E-state index in [1.807, 2.05) is 55.1 Å². The van der Waals surface area contributed by atoms with E-state index in [-0.39, 0.29) is 17.7 Å². The summed E-state index contributed by atoms with van der Waals surface area (Å²) in [6.07, 6.45) is 9.49. The van der Waals surface area contributed by atoms with E-state index in [2.05, 4.69) is 10.3 Å². The van der Waals surface area contributed by atoms with Crippen LogP contribution >= 0.6 is 0 Å². The van der Waals surface area contributed by atoms with Gasteiger partial charge in [0.05, 0.1) is 28.5 Å². The third-order valence-corrected chi connectivity index (χ3v) is 8.20. The number of hydrogen-bond donors (Lipinski definition) is 3. The van der Waals surface area contributed by atoms with Gasteiger partial charge in [-0.15, -0.1) is 0 Å². The van der Waals surface area contributed by atoms with Crippen molar-refractivity contribution in [2.75, 3.05) is 5.32 Å². The molecule has 2 saturated carbocycles. The van der Waals surface area contributed by atoms with E-state index in [1.165, 1.54) is 0 Å². The van der Waals surface area contributed by atoms with Gasteiger partial charge in [0.2, 0.25) is 5.69 Å². The third-order valence-electron chi connectivity index (χ3n) is 8.20. The zero-order valence-electron chi connectivity index (χ0n) is 21.8. The van der Waals surface area contributed by atoms with E-state index in [1.54, 1.807) is 24.4 Å². The lowest BCUT2D eigenvalue weighted by atomic mass is 9.79. The number of carbonyl (C=O) groups excluding carboxylic acids is 1. The molecular weight excluding hydrogens is 478 g/mol. The maximum atomic E-state index is 13.3. The smallest absolute Gasteiger partial charge is 0.325 e. The fourth-order valence-corrected chi connectivity index (χ4v) is 5.82. The minimum Gasteiger partial charge on any atom is -0.390 e. The van der Waals surface area contributed by atoms with Crippen molar-refractivity contribution >= 4 is 22.5 Å². The highest BCUT2D eigenvalue weighted by molar-refractivity contribution is 6.06. The van der Waals surface area contributed by atoms with E-state index in [4.69, 9.17) is 5.10 Å². The lowest BCUT2D eigenvalue weighted by Gasteiger charge is -2.36. The Morgan fingerprint density at radius 1 is 1.11 bits per heavy atom. The van der Waals surface area contributed by atoms with E-state index in [0.29, 0.717) is 17.3 Å². The number of fused-ring (bicyclic) bond motifs is 1. The average Bonchev–Trinajstić information content (AvgIpc) is 3.70. The summed E-state index contributed by atoms with van der Waals surface area (Å²) in [5.41, 5.74) is 3.22. The predicted octanol–water partition coefficient (Wildman–Crippen LogP) is 5.26. The van der Waals surface area contributed by atoms with Gasteiger partial charge in [-0.2, -0.15) is 5.10 Å². The quantitative estimate of drug-likeness (QED) is 0.242. The Balaban J connectivity index is 1.34. The molecule has 38 heavy (non-hydrogen) atoms. The molecule has 0 spiro atoms. The molecule has 4 aromatic rings. The van der Waals surface area contributed by atoms with E-state index < -0.39 is 11.5 Å². The Morgan fingerprint density at radius 2 is 1.89 bits per heavy atom. The van der Waals surface area contributed by atoms with Gasteiger partial charge in [-0.05, 0) is 74.8 Å². The van der Waals surface area contributed by atoms with Crippen LogP contribution in [0, 0.1) is 5.92 Å². The molecule has 0 aliphatic heterocycles. The Bertz CT molecular complexity index is 1480. The van der Waals surface area contributed by atoms with Crippen LogP contribution in [-0.2, 0) is 0 Å². The summed E-state index contributed by atoms with van der Waals surface area (Å²) in [5.74, 6) is 0.121. The lowest BCUT2D eigenvalue weighted by molar-refractivity contribution is -0.911. The van der Waals surface area contributed by atoms with Crippen LogP contribution in [0.5, 0.6) is 0 Å². The Hall–Kier alpha value is -3.78. The summed E-state index contributed by atoms with van der Waals surface area (Å²) in [7, 11) is 0. The first-order valence-electron chi connectivity index (χ1n) is 13.5. The van der Waals surface area contributed by atoms with Gasteiger partial charge in [0, 0.05) is 46.1 Å². The van der Waals surface area contributed by atoms with Crippen molar-refractivity contribution < 1.29 is 19.8 Å². The summed E-state index contributed by atoms with van der Waals surface area (Å²) in [6, 6.07) is 15.0. The number of rotatable bonds is 6. The number of aromatic nitrogens is 4. The maximum Gasteiger partial charge on any atom is 0.325 e. The average molecular weight is 513 g/mol. The van der Waals surface area contributed by atoms with Crippen LogP contribution in [-0.4, -0.2) is 36.6 Å². The highest BCUT2D eigenvalue weighted by Gasteiger charge is 2.45. The first-order valence-corrected chi connectivity index (χ1v) is 13.5. The van der Waals surface area contributed by atoms with Crippen molar-refractivity contribution in [1.29, 1.82) is 0 Å². The molecule has 8 heteroatoms. The first-order chi connectivity index (χ1) is 18.3. The van der Waals surface area contributed by atoms with Gasteiger partial charge in [0.1, 0.15) is 0 Å².